The first kappa shape index (κ1) is 19.3. The number of hydrogen-bond donors (Lipinski definition) is 0. The van der Waals surface area contributed by atoms with Crippen molar-refractivity contribution in [3.8, 4) is 5.69 Å². The minimum Gasteiger partial charge on any atom is -0.341 e. The van der Waals surface area contributed by atoms with Crippen LogP contribution in [0, 0.1) is 23.6 Å². The van der Waals surface area contributed by atoms with Crippen molar-refractivity contribution in [1.82, 2.24) is 14.7 Å². The topological polar surface area (TPSA) is 58.4 Å². The van der Waals surface area contributed by atoms with Crippen molar-refractivity contribution in [2.75, 3.05) is 24.5 Å². The first-order valence-electron chi connectivity index (χ1n) is 10.5. The highest BCUT2D eigenvalue weighted by atomic mass is 19.3. The summed E-state index contributed by atoms with van der Waals surface area (Å²) in [6.07, 6.45) is 1.22. The van der Waals surface area contributed by atoms with Gasteiger partial charge in [0, 0.05) is 37.4 Å². The maximum atomic E-state index is 14.3. The highest BCUT2D eigenvalue weighted by Crippen LogP contribution is 2.50. The fourth-order valence-electron chi connectivity index (χ4n) is 5.05. The summed E-state index contributed by atoms with van der Waals surface area (Å²) in [5.74, 6) is -5.71. The second-order valence-electron chi connectivity index (χ2n) is 8.79. The third kappa shape index (κ3) is 2.76. The van der Waals surface area contributed by atoms with Gasteiger partial charge in [-0.1, -0.05) is 18.2 Å². The van der Waals surface area contributed by atoms with Gasteiger partial charge < -0.3 is 9.80 Å². The van der Waals surface area contributed by atoms with E-state index in [1.54, 1.807) is 35.4 Å². The molecular formula is C23H19F3N4O2. The number of alkyl halides is 2. The zero-order valence-corrected chi connectivity index (χ0v) is 16.9. The normalized spacial score (nSPS) is 26.1. The molecule has 2 amide bonds. The van der Waals surface area contributed by atoms with Gasteiger partial charge in [0.15, 0.2) is 0 Å². The molecular weight excluding hydrogens is 421 g/mol. The lowest BCUT2D eigenvalue weighted by molar-refractivity contribution is -0.134. The molecule has 0 spiro atoms. The summed E-state index contributed by atoms with van der Waals surface area (Å²) in [5, 5.41) is 5.06. The number of benzene rings is 2. The van der Waals surface area contributed by atoms with Gasteiger partial charge in [-0.3, -0.25) is 9.59 Å². The number of fused-ring (bicyclic) bond motifs is 2. The van der Waals surface area contributed by atoms with Gasteiger partial charge in [-0.25, -0.2) is 17.9 Å². The SMILES string of the molecule is O=C(C1CC1(F)F)N1C[C@@H]2CN(c3cccc4c3cnn4-c3ccccc3F)C(=O)[C@@H]2C1. The second kappa shape index (κ2) is 6.57. The van der Waals surface area contributed by atoms with E-state index in [1.807, 2.05) is 12.1 Å². The number of carbonyl (C=O) groups excluding carboxylic acids is 2. The molecule has 2 aliphatic heterocycles. The van der Waals surface area contributed by atoms with E-state index in [0.717, 1.165) is 5.39 Å². The number of hydrogen-bond acceptors (Lipinski definition) is 3. The Hall–Kier alpha value is -3.36. The molecule has 164 valence electrons. The number of para-hydroxylation sites is 1. The van der Waals surface area contributed by atoms with E-state index in [2.05, 4.69) is 5.10 Å². The summed E-state index contributed by atoms with van der Waals surface area (Å²) in [5.41, 5.74) is 1.66. The Labute approximate surface area is 181 Å². The van der Waals surface area contributed by atoms with E-state index in [-0.39, 0.29) is 18.4 Å². The molecule has 0 bridgehead atoms. The van der Waals surface area contributed by atoms with E-state index >= 15 is 0 Å². The average Bonchev–Trinajstić information content (AvgIpc) is 3.14. The zero-order chi connectivity index (χ0) is 22.2. The maximum Gasteiger partial charge on any atom is 0.260 e. The predicted molar refractivity (Wildman–Crippen MR) is 110 cm³/mol. The van der Waals surface area contributed by atoms with Crippen molar-refractivity contribution < 1.29 is 22.8 Å². The van der Waals surface area contributed by atoms with Crippen LogP contribution in [-0.4, -0.2) is 52.1 Å². The molecule has 3 fully saturated rings. The number of nitrogens with zero attached hydrogens (tertiary/aromatic N) is 4. The number of halogens is 3. The van der Waals surface area contributed by atoms with Gasteiger partial charge in [-0.05, 0) is 24.3 Å². The number of aromatic nitrogens is 2. The number of carbonyl (C=O) groups is 2. The van der Waals surface area contributed by atoms with Crippen LogP contribution in [0.1, 0.15) is 6.42 Å². The Morgan fingerprint density at radius 1 is 1.03 bits per heavy atom. The van der Waals surface area contributed by atoms with Crippen LogP contribution in [0.25, 0.3) is 16.6 Å². The molecule has 0 N–H and O–H groups in total. The molecule has 3 aromatic rings. The van der Waals surface area contributed by atoms with E-state index in [0.29, 0.717) is 30.0 Å². The fourth-order valence-corrected chi connectivity index (χ4v) is 5.05. The number of anilines is 1. The third-order valence-electron chi connectivity index (χ3n) is 6.84. The van der Waals surface area contributed by atoms with Crippen LogP contribution in [0.15, 0.2) is 48.7 Å². The van der Waals surface area contributed by atoms with Crippen LogP contribution in [-0.2, 0) is 9.59 Å². The van der Waals surface area contributed by atoms with Crippen molar-refractivity contribution in [1.29, 1.82) is 0 Å². The maximum absolute atomic E-state index is 14.3. The molecule has 1 aliphatic carbocycles. The summed E-state index contributed by atoms with van der Waals surface area (Å²) < 4.78 is 42.4. The van der Waals surface area contributed by atoms with Crippen molar-refractivity contribution in [3.63, 3.8) is 0 Å². The van der Waals surface area contributed by atoms with Crippen LogP contribution in [0.2, 0.25) is 0 Å². The Morgan fingerprint density at radius 2 is 1.78 bits per heavy atom. The monoisotopic (exact) mass is 440 g/mol. The molecule has 2 aromatic carbocycles. The molecule has 0 radical (unpaired) electrons. The van der Waals surface area contributed by atoms with Gasteiger partial charge >= 0.3 is 0 Å². The van der Waals surface area contributed by atoms with E-state index in [9.17, 15) is 22.8 Å². The number of amides is 2. The van der Waals surface area contributed by atoms with Gasteiger partial charge in [0.1, 0.15) is 17.4 Å². The minimum atomic E-state index is -2.90. The molecule has 1 aromatic heterocycles. The lowest BCUT2D eigenvalue weighted by Gasteiger charge is -2.22. The van der Waals surface area contributed by atoms with Crippen molar-refractivity contribution >= 4 is 28.4 Å². The summed E-state index contributed by atoms with van der Waals surface area (Å²) in [7, 11) is 0. The van der Waals surface area contributed by atoms with E-state index in [1.165, 1.54) is 15.6 Å². The Bertz CT molecular complexity index is 1270. The summed E-state index contributed by atoms with van der Waals surface area (Å²) in [6, 6.07) is 11.8. The van der Waals surface area contributed by atoms with Crippen LogP contribution in [0.5, 0.6) is 0 Å². The van der Waals surface area contributed by atoms with Gasteiger partial charge in [0.2, 0.25) is 11.8 Å². The van der Waals surface area contributed by atoms with Crippen molar-refractivity contribution in [2.24, 2.45) is 17.8 Å². The molecule has 3 aliphatic rings. The molecule has 3 atom stereocenters. The van der Waals surface area contributed by atoms with Gasteiger partial charge in [0.25, 0.3) is 5.92 Å². The molecule has 6 rings (SSSR count). The molecule has 9 heteroatoms. The molecule has 3 heterocycles. The second-order valence-corrected chi connectivity index (χ2v) is 8.79. The van der Waals surface area contributed by atoms with E-state index < -0.39 is 35.9 Å². The van der Waals surface area contributed by atoms with E-state index in [4.69, 9.17) is 0 Å². The molecule has 32 heavy (non-hydrogen) atoms. The van der Waals surface area contributed by atoms with Gasteiger partial charge in [-0.15, -0.1) is 0 Å². The zero-order valence-electron chi connectivity index (χ0n) is 16.9. The molecule has 1 unspecified atom stereocenters. The minimum absolute atomic E-state index is 0.101. The Kier molecular flexibility index (Phi) is 3.97. The standard InChI is InChI=1S/C23H19F3N4O2/c24-17-4-1-2-5-20(17)30-19-7-3-6-18(14(19)9-27-30)29-11-13-10-28(12-15(13)21(29)31)22(32)16-8-23(16,25)26/h1-7,9,13,15-16H,8,10-12H2/t13-,15-,16?/m1/s1. The largest absolute Gasteiger partial charge is 0.341 e. The lowest BCUT2D eigenvalue weighted by Crippen LogP contribution is -2.37. The summed E-state index contributed by atoms with van der Waals surface area (Å²) >= 11 is 0. The Balaban J connectivity index is 1.28. The van der Waals surface area contributed by atoms with Crippen LogP contribution < -0.4 is 4.90 Å². The molecule has 1 saturated carbocycles. The molecule has 6 nitrogen and oxygen atoms in total. The van der Waals surface area contributed by atoms with Crippen molar-refractivity contribution in [3.05, 3.63) is 54.5 Å². The van der Waals surface area contributed by atoms with Gasteiger partial charge in [0.05, 0.1) is 23.3 Å². The van der Waals surface area contributed by atoms with Crippen LogP contribution >= 0.6 is 0 Å². The Morgan fingerprint density at radius 3 is 2.50 bits per heavy atom. The first-order valence-corrected chi connectivity index (χ1v) is 10.5. The smallest absolute Gasteiger partial charge is 0.260 e. The first-order chi connectivity index (χ1) is 15.3. The predicted octanol–water partition coefficient (Wildman–Crippen LogP) is 3.24. The van der Waals surface area contributed by atoms with Crippen LogP contribution in [0.3, 0.4) is 0 Å². The number of likely N-dealkylation sites (tertiary alicyclic amines) is 1. The average molecular weight is 440 g/mol. The summed E-state index contributed by atoms with van der Waals surface area (Å²) in [6.45, 7) is 0.886. The summed E-state index contributed by atoms with van der Waals surface area (Å²) in [4.78, 5) is 28.6. The van der Waals surface area contributed by atoms with Crippen molar-refractivity contribution in [2.45, 2.75) is 12.3 Å². The van der Waals surface area contributed by atoms with Gasteiger partial charge in [-0.2, -0.15) is 5.10 Å². The van der Waals surface area contributed by atoms with Crippen LogP contribution in [0.4, 0.5) is 18.9 Å². The highest BCUT2D eigenvalue weighted by Gasteiger charge is 2.63. The molecule has 2 saturated heterocycles. The quantitative estimate of drug-likeness (QED) is 0.629. The third-order valence-corrected chi connectivity index (χ3v) is 6.84. The highest BCUT2D eigenvalue weighted by molar-refractivity contribution is 6.06. The number of rotatable bonds is 3. The fraction of sp³-hybridized carbons (Fsp3) is 0.348. The lowest BCUT2D eigenvalue weighted by atomic mass is 10.0.